The average Bonchev–Trinajstić information content (AvgIpc) is 2.96. The Bertz CT molecular complexity index is 384. The van der Waals surface area contributed by atoms with Crippen LogP contribution in [0, 0.1) is 5.92 Å². The molecule has 1 aromatic rings. The fraction of sp³-hybridized carbons (Fsp3) is 0.846. The van der Waals surface area contributed by atoms with Gasteiger partial charge in [0, 0.05) is 19.5 Å². The maximum atomic E-state index is 5.35. The number of anilines is 1. The van der Waals surface area contributed by atoms with E-state index in [0.717, 1.165) is 70.0 Å². The first-order chi connectivity index (χ1) is 9.42. The third-order valence-electron chi connectivity index (χ3n) is 3.98. The molecule has 2 fully saturated rings. The summed E-state index contributed by atoms with van der Waals surface area (Å²) < 4.78 is 10.7. The summed E-state index contributed by atoms with van der Waals surface area (Å²) in [5.74, 6) is 2.31. The molecule has 6 heteroatoms. The molecule has 2 aliphatic heterocycles. The van der Waals surface area contributed by atoms with Crippen LogP contribution in [0.4, 0.5) is 5.95 Å². The number of nitrogens with zero attached hydrogens (tertiary/aromatic N) is 3. The van der Waals surface area contributed by atoms with Crippen LogP contribution in [-0.4, -0.2) is 49.5 Å². The predicted molar refractivity (Wildman–Crippen MR) is 71.2 cm³/mol. The SMILES string of the molecule is C1CC(CCc2nc(N3CCOCC3)no2)CCN1. The smallest absolute Gasteiger partial charge is 0.266 e. The second-order valence-corrected chi connectivity index (χ2v) is 5.32. The maximum Gasteiger partial charge on any atom is 0.266 e. The van der Waals surface area contributed by atoms with Crippen molar-refractivity contribution >= 4 is 5.95 Å². The Kier molecular flexibility index (Phi) is 4.30. The number of hydrogen-bond acceptors (Lipinski definition) is 6. The third kappa shape index (κ3) is 3.45. The first-order valence-corrected chi connectivity index (χ1v) is 7.28. The molecule has 106 valence electrons. The van der Waals surface area contributed by atoms with Crippen molar-refractivity contribution in [2.45, 2.75) is 25.7 Å². The molecule has 0 amide bonds. The monoisotopic (exact) mass is 266 g/mol. The van der Waals surface area contributed by atoms with Gasteiger partial charge in [-0.05, 0) is 43.4 Å². The first kappa shape index (κ1) is 12.9. The van der Waals surface area contributed by atoms with Crippen molar-refractivity contribution < 1.29 is 9.26 Å². The van der Waals surface area contributed by atoms with Crippen LogP contribution in [0.5, 0.6) is 0 Å². The van der Waals surface area contributed by atoms with Crippen LogP contribution in [0.2, 0.25) is 0 Å². The van der Waals surface area contributed by atoms with Gasteiger partial charge in [0.25, 0.3) is 5.95 Å². The molecule has 6 nitrogen and oxygen atoms in total. The molecule has 0 radical (unpaired) electrons. The lowest BCUT2D eigenvalue weighted by atomic mass is 9.93. The lowest BCUT2D eigenvalue weighted by Crippen LogP contribution is -2.36. The van der Waals surface area contributed by atoms with Gasteiger partial charge in [-0.15, -0.1) is 0 Å². The Morgan fingerprint density at radius 2 is 2.00 bits per heavy atom. The summed E-state index contributed by atoms with van der Waals surface area (Å²) in [6.45, 7) is 5.50. The highest BCUT2D eigenvalue weighted by Gasteiger charge is 2.18. The van der Waals surface area contributed by atoms with Gasteiger partial charge in [-0.1, -0.05) is 0 Å². The van der Waals surface area contributed by atoms with E-state index in [2.05, 4.69) is 20.4 Å². The molecule has 19 heavy (non-hydrogen) atoms. The average molecular weight is 266 g/mol. The molecule has 1 N–H and O–H groups in total. The van der Waals surface area contributed by atoms with Crippen LogP contribution < -0.4 is 10.2 Å². The Hall–Kier alpha value is -1.14. The third-order valence-corrected chi connectivity index (χ3v) is 3.98. The van der Waals surface area contributed by atoms with E-state index in [4.69, 9.17) is 9.26 Å². The van der Waals surface area contributed by atoms with Crippen LogP contribution in [0.25, 0.3) is 0 Å². The quantitative estimate of drug-likeness (QED) is 0.871. The molecule has 0 atom stereocenters. The molecular weight excluding hydrogens is 244 g/mol. The van der Waals surface area contributed by atoms with Gasteiger partial charge in [0.15, 0.2) is 0 Å². The molecular formula is C13H22N4O2. The molecule has 0 saturated carbocycles. The van der Waals surface area contributed by atoms with Crippen molar-refractivity contribution in [1.82, 2.24) is 15.5 Å². The van der Waals surface area contributed by atoms with Crippen LogP contribution in [0.1, 0.15) is 25.2 Å². The Morgan fingerprint density at radius 3 is 2.79 bits per heavy atom. The molecule has 0 bridgehead atoms. The fourth-order valence-electron chi connectivity index (χ4n) is 2.74. The van der Waals surface area contributed by atoms with Crippen LogP contribution in [0.15, 0.2) is 4.52 Å². The van der Waals surface area contributed by atoms with Crippen molar-refractivity contribution in [2.75, 3.05) is 44.3 Å². The number of aromatic nitrogens is 2. The van der Waals surface area contributed by atoms with Crippen molar-refractivity contribution in [3.8, 4) is 0 Å². The molecule has 0 unspecified atom stereocenters. The zero-order chi connectivity index (χ0) is 12.9. The fourth-order valence-corrected chi connectivity index (χ4v) is 2.74. The van der Waals surface area contributed by atoms with Crippen molar-refractivity contribution in [3.63, 3.8) is 0 Å². The van der Waals surface area contributed by atoms with Gasteiger partial charge in [0.2, 0.25) is 5.89 Å². The van der Waals surface area contributed by atoms with E-state index in [0.29, 0.717) is 0 Å². The van der Waals surface area contributed by atoms with Crippen LogP contribution in [-0.2, 0) is 11.2 Å². The minimum absolute atomic E-state index is 0.726. The van der Waals surface area contributed by atoms with Gasteiger partial charge in [-0.2, -0.15) is 4.98 Å². The zero-order valence-corrected chi connectivity index (χ0v) is 11.3. The largest absolute Gasteiger partial charge is 0.378 e. The summed E-state index contributed by atoms with van der Waals surface area (Å²) in [4.78, 5) is 6.62. The second kappa shape index (κ2) is 6.34. The normalized spacial score (nSPS) is 21.8. The van der Waals surface area contributed by atoms with Gasteiger partial charge in [0.05, 0.1) is 13.2 Å². The van der Waals surface area contributed by atoms with E-state index in [-0.39, 0.29) is 0 Å². The molecule has 0 aliphatic carbocycles. The second-order valence-electron chi connectivity index (χ2n) is 5.32. The molecule has 2 aliphatic rings. The highest BCUT2D eigenvalue weighted by atomic mass is 16.5. The summed E-state index contributed by atoms with van der Waals surface area (Å²) >= 11 is 0. The van der Waals surface area contributed by atoms with Gasteiger partial charge >= 0.3 is 0 Å². The standard InChI is InChI=1S/C13H22N4O2/c1(11-3-5-14-6-4-11)2-12-15-13(16-19-12)17-7-9-18-10-8-17/h11,14H,1-10H2. The van der Waals surface area contributed by atoms with Crippen LogP contribution in [0.3, 0.4) is 0 Å². The molecule has 2 saturated heterocycles. The number of rotatable bonds is 4. The van der Waals surface area contributed by atoms with E-state index in [1.165, 1.54) is 12.8 Å². The number of morpholine rings is 1. The van der Waals surface area contributed by atoms with Gasteiger partial charge in [-0.3, -0.25) is 0 Å². The summed E-state index contributed by atoms with van der Waals surface area (Å²) in [5, 5.41) is 7.47. The van der Waals surface area contributed by atoms with Crippen LogP contribution >= 0.6 is 0 Å². The van der Waals surface area contributed by atoms with Gasteiger partial charge < -0.3 is 19.5 Å². The Balaban J connectivity index is 1.49. The van der Waals surface area contributed by atoms with E-state index in [1.807, 2.05) is 0 Å². The minimum atomic E-state index is 0.726. The van der Waals surface area contributed by atoms with Gasteiger partial charge in [-0.25, -0.2) is 0 Å². The summed E-state index contributed by atoms with van der Waals surface area (Å²) in [7, 11) is 0. The lowest BCUT2D eigenvalue weighted by molar-refractivity contribution is 0.121. The van der Waals surface area contributed by atoms with Gasteiger partial charge in [0.1, 0.15) is 0 Å². The number of piperidine rings is 1. The minimum Gasteiger partial charge on any atom is -0.378 e. The number of nitrogens with one attached hydrogen (secondary N) is 1. The molecule has 3 rings (SSSR count). The van der Waals surface area contributed by atoms with E-state index < -0.39 is 0 Å². The van der Waals surface area contributed by atoms with Crippen molar-refractivity contribution in [1.29, 1.82) is 0 Å². The number of ether oxygens (including phenoxy) is 1. The van der Waals surface area contributed by atoms with Crippen molar-refractivity contribution in [2.24, 2.45) is 5.92 Å². The molecule has 3 heterocycles. The highest BCUT2D eigenvalue weighted by Crippen LogP contribution is 2.19. The van der Waals surface area contributed by atoms with E-state index in [1.54, 1.807) is 0 Å². The maximum absolute atomic E-state index is 5.35. The molecule has 0 spiro atoms. The predicted octanol–water partition coefficient (Wildman–Crippen LogP) is 0.838. The van der Waals surface area contributed by atoms with E-state index >= 15 is 0 Å². The lowest BCUT2D eigenvalue weighted by Gasteiger charge is -2.24. The summed E-state index contributed by atoms with van der Waals surface area (Å²) in [6, 6.07) is 0. The summed E-state index contributed by atoms with van der Waals surface area (Å²) in [5.41, 5.74) is 0. The van der Waals surface area contributed by atoms with Crippen molar-refractivity contribution in [3.05, 3.63) is 5.89 Å². The number of hydrogen-bond donors (Lipinski definition) is 1. The highest BCUT2D eigenvalue weighted by molar-refractivity contribution is 5.27. The molecule has 0 aromatic carbocycles. The Morgan fingerprint density at radius 1 is 1.21 bits per heavy atom. The topological polar surface area (TPSA) is 63.4 Å². The first-order valence-electron chi connectivity index (χ1n) is 7.28. The summed E-state index contributed by atoms with van der Waals surface area (Å²) in [6.07, 6.45) is 4.60. The Labute approximate surface area is 113 Å². The van der Waals surface area contributed by atoms with E-state index in [9.17, 15) is 0 Å². The zero-order valence-electron chi connectivity index (χ0n) is 11.3. The molecule has 1 aromatic heterocycles. The number of aryl methyl sites for hydroxylation is 1.